The van der Waals surface area contributed by atoms with Crippen LogP contribution in [0.1, 0.15) is 45.1 Å². The molecule has 1 saturated heterocycles. The Morgan fingerprint density at radius 2 is 2.11 bits per heavy atom. The number of likely N-dealkylation sites (tertiary alicyclic amines) is 1. The summed E-state index contributed by atoms with van der Waals surface area (Å²) in [6.45, 7) is 7.29. The van der Waals surface area contributed by atoms with Gasteiger partial charge < -0.3 is 24.4 Å². The first-order valence-electron chi connectivity index (χ1n) is 9.74. The van der Waals surface area contributed by atoms with Crippen LogP contribution in [0.2, 0.25) is 5.02 Å². The minimum absolute atomic E-state index is 0.238. The van der Waals surface area contributed by atoms with Crippen molar-refractivity contribution < 1.29 is 19.0 Å². The second-order valence-corrected chi connectivity index (χ2v) is 7.72. The normalized spacial score (nSPS) is 18.7. The molecule has 0 unspecified atom stereocenters. The summed E-state index contributed by atoms with van der Waals surface area (Å²) in [6, 6.07) is 4.05. The van der Waals surface area contributed by atoms with Crippen molar-refractivity contribution in [2.45, 2.75) is 58.2 Å². The van der Waals surface area contributed by atoms with E-state index in [4.69, 9.17) is 25.8 Å². The summed E-state index contributed by atoms with van der Waals surface area (Å²) in [4.78, 5) is 14.2. The zero-order chi connectivity index (χ0) is 19.2. The Bertz CT molecular complexity index is 653. The molecule has 3 rings (SSSR count). The maximum absolute atomic E-state index is 12.1. The second-order valence-electron chi connectivity index (χ2n) is 7.32. The number of carbonyl (C=O) groups excluding carboxylic acids is 1. The summed E-state index contributed by atoms with van der Waals surface area (Å²) in [5.74, 6) is 1.71. The molecule has 2 heterocycles. The van der Waals surface area contributed by atoms with Crippen LogP contribution in [0.25, 0.3) is 0 Å². The molecule has 1 N–H and O–H groups in total. The van der Waals surface area contributed by atoms with Crippen LogP contribution in [0, 0.1) is 0 Å². The average molecular weight is 397 g/mol. The number of halogens is 1. The molecule has 0 spiro atoms. The molecule has 0 radical (unpaired) electrons. The lowest BCUT2D eigenvalue weighted by molar-refractivity contribution is -0.129. The second kappa shape index (κ2) is 9.62. The lowest BCUT2D eigenvalue weighted by Gasteiger charge is -2.25. The van der Waals surface area contributed by atoms with E-state index in [1.807, 2.05) is 24.8 Å². The standard InChI is InChI=1S/C20H29ClN2O4/c1-14(2)25-9-3-8-23-16(4-5-20(23)24)6-7-22-12-15-10-18-19(11-17(15)21)27-13-26-18/h10-11,14,16,22H,3-9,12-13H2,1-2H3/t16-/m0/s1. The topological polar surface area (TPSA) is 60.0 Å². The molecule has 0 saturated carbocycles. The van der Waals surface area contributed by atoms with E-state index in [0.717, 1.165) is 43.7 Å². The predicted molar refractivity (Wildman–Crippen MR) is 104 cm³/mol. The highest BCUT2D eigenvalue weighted by Gasteiger charge is 2.29. The molecule has 1 amide bonds. The molecule has 1 fully saturated rings. The molecule has 0 bridgehead atoms. The fourth-order valence-electron chi connectivity index (χ4n) is 3.54. The Hall–Kier alpha value is -1.50. The monoisotopic (exact) mass is 396 g/mol. The molecule has 0 aromatic heterocycles. The highest BCUT2D eigenvalue weighted by Crippen LogP contribution is 2.36. The van der Waals surface area contributed by atoms with Crippen LogP contribution in [0.4, 0.5) is 0 Å². The number of nitrogens with zero attached hydrogens (tertiary/aromatic N) is 1. The largest absolute Gasteiger partial charge is 0.454 e. The number of ether oxygens (including phenoxy) is 3. The first kappa shape index (κ1) is 20.2. The van der Waals surface area contributed by atoms with Gasteiger partial charge in [0.15, 0.2) is 11.5 Å². The van der Waals surface area contributed by atoms with Crippen molar-refractivity contribution in [3.8, 4) is 11.5 Å². The van der Waals surface area contributed by atoms with Gasteiger partial charge in [0.1, 0.15) is 0 Å². The molecule has 7 heteroatoms. The van der Waals surface area contributed by atoms with Crippen LogP contribution < -0.4 is 14.8 Å². The van der Waals surface area contributed by atoms with Crippen molar-refractivity contribution in [1.82, 2.24) is 10.2 Å². The molecule has 2 aliphatic rings. The Morgan fingerprint density at radius 1 is 1.33 bits per heavy atom. The molecule has 1 aromatic carbocycles. The van der Waals surface area contributed by atoms with Crippen LogP contribution in [0.5, 0.6) is 11.5 Å². The number of hydrogen-bond acceptors (Lipinski definition) is 5. The van der Waals surface area contributed by atoms with E-state index in [9.17, 15) is 4.79 Å². The van der Waals surface area contributed by atoms with Crippen molar-refractivity contribution in [3.05, 3.63) is 22.7 Å². The maximum Gasteiger partial charge on any atom is 0.231 e. The number of hydrogen-bond donors (Lipinski definition) is 1. The van der Waals surface area contributed by atoms with Gasteiger partial charge in [0, 0.05) is 43.2 Å². The third-order valence-corrected chi connectivity index (χ3v) is 5.31. The van der Waals surface area contributed by atoms with Crippen molar-refractivity contribution in [2.75, 3.05) is 26.5 Å². The highest BCUT2D eigenvalue weighted by molar-refractivity contribution is 6.31. The van der Waals surface area contributed by atoms with E-state index < -0.39 is 0 Å². The fourth-order valence-corrected chi connectivity index (χ4v) is 3.76. The average Bonchev–Trinajstić information content (AvgIpc) is 3.22. The van der Waals surface area contributed by atoms with Crippen molar-refractivity contribution >= 4 is 17.5 Å². The number of benzene rings is 1. The van der Waals surface area contributed by atoms with Gasteiger partial charge in [0.2, 0.25) is 12.7 Å². The first-order chi connectivity index (χ1) is 13.0. The van der Waals surface area contributed by atoms with Crippen LogP contribution in [0.3, 0.4) is 0 Å². The van der Waals surface area contributed by atoms with Gasteiger partial charge in [-0.1, -0.05) is 11.6 Å². The van der Waals surface area contributed by atoms with Gasteiger partial charge in [-0.25, -0.2) is 0 Å². The molecular formula is C20H29ClN2O4. The summed E-state index contributed by atoms with van der Waals surface area (Å²) >= 11 is 6.31. The number of fused-ring (bicyclic) bond motifs is 1. The van der Waals surface area contributed by atoms with Gasteiger partial charge in [-0.3, -0.25) is 4.79 Å². The van der Waals surface area contributed by atoms with Gasteiger partial charge >= 0.3 is 0 Å². The molecular weight excluding hydrogens is 368 g/mol. The lowest BCUT2D eigenvalue weighted by Crippen LogP contribution is -2.36. The van der Waals surface area contributed by atoms with Crippen LogP contribution in [-0.4, -0.2) is 49.4 Å². The van der Waals surface area contributed by atoms with Gasteiger partial charge in [-0.15, -0.1) is 0 Å². The number of nitrogens with one attached hydrogen (secondary N) is 1. The SMILES string of the molecule is CC(C)OCCCN1C(=O)CC[C@H]1CCNCc1cc2c(cc1Cl)OCO2. The van der Waals surface area contributed by atoms with E-state index in [1.165, 1.54) is 0 Å². The predicted octanol–water partition coefficient (Wildman–Crippen LogP) is 3.35. The minimum atomic E-state index is 0.238. The van der Waals surface area contributed by atoms with Crippen LogP contribution in [0.15, 0.2) is 12.1 Å². The van der Waals surface area contributed by atoms with Crippen molar-refractivity contribution in [3.63, 3.8) is 0 Å². The van der Waals surface area contributed by atoms with Crippen LogP contribution in [-0.2, 0) is 16.1 Å². The highest BCUT2D eigenvalue weighted by atomic mass is 35.5. The van der Waals surface area contributed by atoms with Crippen LogP contribution >= 0.6 is 11.6 Å². The minimum Gasteiger partial charge on any atom is -0.454 e. The first-order valence-corrected chi connectivity index (χ1v) is 10.1. The number of amides is 1. The van der Waals surface area contributed by atoms with E-state index in [1.54, 1.807) is 6.07 Å². The number of carbonyl (C=O) groups is 1. The maximum atomic E-state index is 12.1. The van der Waals surface area contributed by atoms with E-state index in [2.05, 4.69) is 5.32 Å². The summed E-state index contributed by atoms with van der Waals surface area (Å²) < 4.78 is 16.3. The lowest BCUT2D eigenvalue weighted by atomic mass is 10.1. The van der Waals surface area contributed by atoms with Gasteiger partial charge in [0.05, 0.1) is 6.10 Å². The van der Waals surface area contributed by atoms with Gasteiger partial charge in [-0.05, 0) is 51.3 Å². The Kier molecular flexibility index (Phi) is 7.21. The quantitative estimate of drug-likeness (QED) is 0.614. The molecule has 1 atom stereocenters. The molecule has 2 aliphatic heterocycles. The summed E-state index contributed by atoms with van der Waals surface area (Å²) in [6.07, 6.45) is 3.67. The molecule has 27 heavy (non-hydrogen) atoms. The fraction of sp³-hybridized carbons (Fsp3) is 0.650. The summed E-state index contributed by atoms with van der Waals surface area (Å²) in [5, 5.41) is 4.11. The molecule has 1 aromatic rings. The van der Waals surface area contributed by atoms with E-state index in [-0.39, 0.29) is 18.8 Å². The molecule has 0 aliphatic carbocycles. The molecule has 150 valence electrons. The van der Waals surface area contributed by atoms with Gasteiger partial charge in [-0.2, -0.15) is 0 Å². The zero-order valence-electron chi connectivity index (χ0n) is 16.1. The Labute approximate surface area is 166 Å². The third-order valence-electron chi connectivity index (χ3n) is 4.96. The molecule has 6 nitrogen and oxygen atoms in total. The Balaban J connectivity index is 1.41. The van der Waals surface area contributed by atoms with Crippen molar-refractivity contribution in [1.29, 1.82) is 0 Å². The Morgan fingerprint density at radius 3 is 2.89 bits per heavy atom. The third kappa shape index (κ3) is 5.50. The van der Waals surface area contributed by atoms with E-state index >= 15 is 0 Å². The number of rotatable bonds is 10. The zero-order valence-corrected chi connectivity index (χ0v) is 16.9. The van der Waals surface area contributed by atoms with Gasteiger partial charge in [0.25, 0.3) is 0 Å². The summed E-state index contributed by atoms with van der Waals surface area (Å²) in [5.41, 5.74) is 0.992. The summed E-state index contributed by atoms with van der Waals surface area (Å²) in [7, 11) is 0. The smallest absolute Gasteiger partial charge is 0.231 e. The van der Waals surface area contributed by atoms with Crippen molar-refractivity contribution in [2.24, 2.45) is 0 Å². The van der Waals surface area contributed by atoms with E-state index in [0.29, 0.717) is 36.4 Å².